The molecule has 182 valence electrons. The molecule has 2 fully saturated rings. The van der Waals surface area contributed by atoms with Gasteiger partial charge in [0.15, 0.2) is 0 Å². The summed E-state index contributed by atoms with van der Waals surface area (Å²) in [6, 6.07) is 10.1. The normalized spacial score (nSPS) is 20.0. The third kappa shape index (κ3) is 5.48. The monoisotopic (exact) mass is 527 g/mol. The smallest absolute Gasteiger partial charge is 0.244 e. The molecule has 2 saturated heterocycles. The number of benzene rings is 2. The number of hydrogen-bond donors (Lipinski definition) is 1. The molecule has 2 aromatic rings. The van der Waals surface area contributed by atoms with Crippen molar-refractivity contribution in [2.45, 2.75) is 23.8 Å². The second-order valence-corrected chi connectivity index (χ2v) is 11.4. The summed E-state index contributed by atoms with van der Waals surface area (Å²) in [5.74, 6) is -0.391. The number of hydrogen-bond acceptors (Lipinski definition) is 6. The van der Waals surface area contributed by atoms with Crippen LogP contribution in [0.4, 0.5) is 4.39 Å². The van der Waals surface area contributed by atoms with E-state index in [0.717, 1.165) is 25.5 Å². The van der Waals surface area contributed by atoms with Crippen molar-refractivity contribution in [2.24, 2.45) is 5.41 Å². The lowest BCUT2D eigenvalue weighted by Crippen LogP contribution is -2.64. The summed E-state index contributed by atoms with van der Waals surface area (Å²) in [5, 5.41) is 12.7. The standard InChI is InChI=1S/C23H24Cl2FN3O4S/c24-17-4-6-22(20(25)8-17)34(30,31)29-13-23(14-29,12-28-11-19-2-1-7-32-19)15-33-18-5-3-16(10-27)21(26)9-18/h3-6,8-9,19,28H,1-2,7,11-15H2/t19-/m1/s1. The van der Waals surface area contributed by atoms with Gasteiger partial charge in [0, 0.05) is 49.3 Å². The summed E-state index contributed by atoms with van der Waals surface area (Å²) < 4.78 is 53.1. The van der Waals surface area contributed by atoms with E-state index in [-0.39, 0.29) is 47.0 Å². The van der Waals surface area contributed by atoms with Gasteiger partial charge in [-0.1, -0.05) is 23.2 Å². The maximum atomic E-state index is 14.0. The fourth-order valence-corrected chi connectivity index (χ4v) is 6.58. The molecule has 0 spiro atoms. The number of nitrogens with zero attached hydrogens (tertiary/aromatic N) is 2. The highest BCUT2D eigenvalue weighted by Crippen LogP contribution is 2.37. The van der Waals surface area contributed by atoms with Crippen molar-refractivity contribution in [1.82, 2.24) is 9.62 Å². The minimum absolute atomic E-state index is 0.00503. The largest absolute Gasteiger partial charge is 0.493 e. The first-order chi connectivity index (χ1) is 16.2. The zero-order valence-corrected chi connectivity index (χ0v) is 20.6. The summed E-state index contributed by atoms with van der Waals surface area (Å²) in [6.07, 6.45) is 2.15. The molecule has 4 rings (SSSR count). The van der Waals surface area contributed by atoms with Gasteiger partial charge in [-0.2, -0.15) is 9.57 Å². The molecule has 0 bridgehead atoms. The maximum Gasteiger partial charge on any atom is 0.244 e. The van der Waals surface area contributed by atoms with Crippen LogP contribution in [0.15, 0.2) is 41.3 Å². The Labute approximate surface area is 208 Å². The van der Waals surface area contributed by atoms with Crippen molar-refractivity contribution in [3.8, 4) is 11.8 Å². The molecule has 2 heterocycles. The van der Waals surface area contributed by atoms with E-state index < -0.39 is 21.3 Å². The van der Waals surface area contributed by atoms with Gasteiger partial charge in [0.25, 0.3) is 0 Å². The molecule has 0 aliphatic carbocycles. The van der Waals surface area contributed by atoms with Crippen LogP contribution in [0.5, 0.6) is 5.75 Å². The Morgan fingerprint density at radius 2 is 2.06 bits per heavy atom. The third-order valence-corrected chi connectivity index (χ3v) is 8.55. The van der Waals surface area contributed by atoms with E-state index in [0.29, 0.717) is 18.1 Å². The molecule has 34 heavy (non-hydrogen) atoms. The number of nitriles is 1. The Bertz CT molecular complexity index is 1190. The molecule has 2 aromatic carbocycles. The number of rotatable bonds is 9. The molecule has 0 saturated carbocycles. The third-order valence-electron chi connectivity index (χ3n) is 6.04. The second kappa shape index (κ2) is 10.4. The van der Waals surface area contributed by atoms with Crippen LogP contribution >= 0.6 is 23.2 Å². The van der Waals surface area contributed by atoms with Crippen LogP contribution < -0.4 is 10.1 Å². The van der Waals surface area contributed by atoms with Gasteiger partial charge in [-0.25, -0.2) is 12.8 Å². The number of sulfonamides is 1. The lowest BCUT2D eigenvalue weighted by atomic mass is 9.82. The molecule has 11 heteroatoms. The zero-order chi connectivity index (χ0) is 24.3. The van der Waals surface area contributed by atoms with E-state index in [1.807, 2.05) is 0 Å². The molecule has 0 aromatic heterocycles. The van der Waals surface area contributed by atoms with Gasteiger partial charge >= 0.3 is 0 Å². The van der Waals surface area contributed by atoms with Gasteiger partial charge in [-0.05, 0) is 43.2 Å². The van der Waals surface area contributed by atoms with Crippen LogP contribution in [0.1, 0.15) is 18.4 Å². The van der Waals surface area contributed by atoms with Crippen molar-refractivity contribution in [2.75, 3.05) is 39.4 Å². The average molecular weight is 528 g/mol. The molecule has 7 nitrogen and oxygen atoms in total. The van der Waals surface area contributed by atoms with Crippen LogP contribution in [0.3, 0.4) is 0 Å². The van der Waals surface area contributed by atoms with Crippen molar-refractivity contribution in [1.29, 1.82) is 5.26 Å². The van der Waals surface area contributed by atoms with Crippen molar-refractivity contribution in [3.63, 3.8) is 0 Å². The molecule has 0 radical (unpaired) electrons. The predicted octanol–water partition coefficient (Wildman–Crippen LogP) is 3.84. The van der Waals surface area contributed by atoms with E-state index in [1.54, 1.807) is 6.07 Å². The molecule has 1 N–H and O–H groups in total. The average Bonchev–Trinajstić information content (AvgIpc) is 3.28. The molecule has 1 atom stereocenters. The molecular formula is C23H24Cl2FN3O4S. The van der Waals surface area contributed by atoms with Gasteiger partial charge in [0.2, 0.25) is 10.0 Å². The SMILES string of the molecule is N#Cc1ccc(OCC2(CNC[C@H]3CCCO3)CN(S(=O)(=O)c3ccc(Cl)cc3Cl)C2)cc1F. The van der Waals surface area contributed by atoms with Gasteiger partial charge in [-0.3, -0.25) is 0 Å². The summed E-state index contributed by atoms with van der Waals surface area (Å²) in [5.41, 5.74) is -0.601. The summed E-state index contributed by atoms with van der Waals surface area (Å²) in [6.45, 7) is 2.46. The van der Waals surface area contributed by atoms with Crippen molar-refractivity contribution in [3.05, 3.63) is 57.8 Å². The van der Waals surface area contributed by atoms with Crippen molar-refractivity contribution >= 4 is 33.2 Å². The highest BCUT2D eigenvalue weighted by molar-refractivity contribution is 7.89. The first-order valence-electron chi connectivity index (χ1n) is 10.8. The zero-order valence-electron chi connectivity index (χ0n) is 18.3. The quantitative estimate of drug-likeness (QED) is 0.532. The van der Waals surface area contributed by atoms with E-state index in [2.05, 4.69) is 5.32 Å². The van der Waals surface area contributed by atoms with Crippen LogP contribution in [-0.4, -0.2) is 58.2 Å². The topological polar surface area (TPSA) is 91.7 Å². The lowest BCUT2D eigenvalue weighted by molar-refractivity contribution is 0.0156. The van der Waals surface area contributed by atoms with Gasteiger partial charge in [0.05, 0.1) is 23.3 Å². The molecule has 2 aliphatic rings. The fraction of sp³-hybridized carbons (Fsp3) is 0.435. The first-order valence-corrected chi connectivity index (χ1v) is 13.0. The fourth-order valence-electron chi connectivity index (χ4n) is 4.17. The number of ether oxygens (including phenoxy) is 2. The Balaban J connectivity index is 1.46. The lowest BCUT2D eigenvalue weighted by Gasteiger charge is -2.49. The minimum Gasteiger partial charge on any atom is -0.493 e. The van der Waals surface area contributed by atoms with E-state index in [9.17, 15) is 12.8 Å². The Morgan fingerprint density at radius 3 is 2.71 bits per heavy atom. The number of nitrogens with one attached hydrogen (secondary N) is 1. The predicted molar refractivity (Wildman–Crippen MR) is 126 cm³/mol. The van der Waals surface area contributed by atoms with Crippen molar-refractivity contribution < 1.29 is 22.3 Å². The van der Waals surface area contributed by atoms with Crippen LogP contribution in [0, 0.1) is 22.6 Å². The summed E-state index contributed by atoms with van der Waals surface area (Å²) in [7, 11) is -3.82. The first kappa shape index (κ1) is 25.2. The number of halogens is 3. The van der Waals surface area contributed by atoms with E-state index >= 15 is 0 Å². The maximum absolute atomic E-state index is 14.0. The molecule has 0 unspecified atom stereocenters. The highest BCUT2D eigenvalue weighted by Gasteiger charge is 2.49. The van der Waals surface area contributed by atoms with Crippen LogP contribution in [0.25, 0.3) is 0 Å². The summed E-state index contributed by atoms with van der Waals surface area (Å²) in [4.78, 5) is -0.00503. The van der Waals surface area contributed by atoms with Gasteiger partial charge < -0.3 is 14.8 Å². The molecule has 2 aliphatic heterocycles. The Hall–Kier alpha value is -1.93. The Kier molecular flexibility index (Phi) is 7.67. The second-order valence-electron chi connectivity index (χ2n) is 8.66. The minimum atomic E-state index is -3.82. The highest BCUT2D eigenvalue weighted by atomic mass is 35.5. The van der Waals surface area contributed by atoms with Crippen LogP contribution in [-0.2, 0) is 14.8 Å². The van der Waals surface area contributed by atoms with Crippen LogP contribution in [0.2, 0.25) is 10.0 Å². The van der Waals surface area contributed by atoms with E-state index in [1.165, 1.54) is 34.6 Å². The van der Waals surface area contributed by atoms with Gasteiger partial charge in [-0.15, -0.1) is 0 Å². The van der Waals surface area contributed by atoms with Gasteiger partial charge in [0.1, 0.15) is 22.5 Å². The summed E-state index contributed by atoms with van der Waals surface area (Å²) >= 11 is 12.1. The molecule has 0 amide bonds. The Morgan fingerprint density at radius 1 is 1.26 bits per heavy atom. The van der Waals surface area contributed by atoms with E-state index in [4.69, 9.17) is 37.9 Å². The molecular weight excluding hydrogens is 504 g/mol.